The van der Waals surface area contributed by atoms with E-state index in [2.05, 4.69) is 16.6 Å². The molecule has 5 heteroatoms. The van der Waals surface area contributed by atoms with Crippen LogP contribution in [-0.4, -0.2) is 12.6 Å². The number of terminal acetylenes is 1. The molecule has 1 rings (SSSR count). The van der Waals surface area contributed by atoms with Crippen molar-refractivity contribution in [1.29, 1.82) is 0 Å². The Hall–Kier alpha value is -1.37. The molecule has 0 aromatic heterocycles. The molecule has 1 aromatic rings. The highest BCUT2D eigenvalue weighted by Crippen LogP contribution is 2.25. The van der Waals surface area contributed by atoms with Crippen LogP contribution in [0.4, 0.5) is 10.5 Å². The van der Waals surface area contributed by atoms with E-state index in [1.165, 1.54) is 0 Å². The summed E-state index contributed by atoms with van der Waals surface area (Å²) in [5.74, 6) is 2.55. The van der Waals surface area contributed by atoms with Crippen molar-refractivity contribution in [2.75, 3.05) is 11.9 Å². The second kappa shape index (κ2) is 7.86. The number of hydrogen-bond donors (Lipinski definition) is 2. The monoisotopic (exact) mass is 284 g/mol. The Morgan fingerprint density at radius 2 is 2.11 bits per heavy atom. The Bertz CT molecular complexity index is 455. The first-order valence-corrected chi connectivity index (χ1v) is 6.32. The van der Waals surface area contributed by atoms with Gasteiger partial charge in [-0.3, -0.25) is 0 Å². The first kappa shape index (κ1) is 14.7. The van der Waals surface area contributed by atoms with E-state index in [-0.39, 0.29) is 6.03 Å². The van der Waals surface area contributed by atoms with Crippen LogP contribution in [0.2, 0.25) is 10.0 Å². The molecule has 0 unspecified atom stereocenters. The molecule has 0 aliphatic heterocycles. The predicted octanol–water partition coefficient (Wildman–Crippen LogP) is 3.92. The van der Waals surface area contributed by atoms with Crippen molar-refractivity contribution in [2.45, 2.75) is 19.3 Å². The molecule has 0 saturated heterocycles. The van der Waals surface area contributed by atoms with E-state index in [1.54, 1.807) is 18.2 Å². The van der Waals surface area contributed by atoms with Crippen molar-refractivity contribution in [3.8, 4) is 12.3 Å². The Morgan fingerprint density at radius 1 is 1.33 bits per heavy atom. The van der Waals surface area contributed by atoms with Crippen molar-refractivity contribution in [3.63, 3.8) is 0 Å². The quantitative estimate of drug-likeness (QED) is 0.625. The van der Waals surface area contributed by atoms with Gasteiger partial charge in [-0.2, -0.15) is 0 Å². The molecule has 2 amide bonds. The van der Waals surface area contributed by atoms with Crippen molar-refractivity contribution >= 4 is 34.9 Å². The number of anilines is 1. The molecule has 1 aromatic carbocycles. The van der Waals surface area contributed by atoms with E-state index in [4.69, 9.17) is 29.6 Å². The fourth-order valence-corrected chi connectivity index (χ4v) is 1.65. The number of carbonyl (C=O) groups excluding carboxylic acids is 1. The zero-order valence-corrected chi connectivity index (χ0v) is 11.3. The van der Waals surface area contributed by atoms with Crippen LogP contribution in [0.1, 0.15) is 19.3 Å². The van der Waals surface area contributed by atoms with Crippen LogP contribution in [0.25, 0.3) is 0 Å². The average molecular weight is 285 g/mol. The van der Waals surface area contributed by atoms with Gasteiger partial charge < -0.3 is 10.6 Å². The largest absolute Gasteiger partial charge is 0.338 e. The third-order valence-electron chi connectivity index (χ3n) is 2.21. The molecule has 0 heterocycles. The Morgan fingerprint density at radius 3 is 2.83 bits per heavy atom. The number of hydrogen-bond acceptors (Lipinski definition) is 1. The molecular formula is C13H14Cl2N2O. The van der Waals surface area contributed by atoms with E-state index in [9.17, 15) is 4.79 Å². The number of rotatable bonds is 5. The maximum absolute atomic E-state index is 11.5. The van der Waals surface area contributed by atoms with Gasteiger partial charge >= 0.3 is 6.03 Å². The maximum atomic E-state index is 11.5. The van der Waals surface area contributed by atoms with E-state index in [0.29, 0.717) is 22.3 Å². The summed E-state index contributed by atoms with van der Waals surface area (Å²) in [6, 6.07) is 4.58. The summed E-state index contributed by atoms with van der Waals surface area (Å²) in [4.78, 5) is 11.5. The smallest absolute Gasteiger partial charge is 0.319 e. The maximum Gasteiger partial charge on any atom is 0.319 e. The molecule has 0 aliphatic rings. The van der Waals surface area contributed by atoms with Crippen LogP contribution < -0.4 is 10.6 Å². The van der Waals surface area contributed by atoms with E-state index in [0.717, 1.165) is 19.3 Å². The molecule has 0 saturated carbocycles. The zero-order valence-electron chi connectivity index (χ0n) is 9.80. The van der Waals surface area contributed by atoms with Gasteiger partial charge in [0.2, 0.25) is 0 Å². The normalized spacial score (nSPS) is 9.61. The molecule has 0 atom stereocenters. The number of unbranched alkanes of at least 4 members (excludes halogenated alkanes) is 2. The van der Waals surface area contributed by atoms with E-state index >= 15 is 0 Å². The average Bonchev–Trinajstić information content (AvgIpc) is 2.33. The van der Waals surface area contributed by atoms with Crippen molar-refractivity contribution in [3.05, 3.63) is 28.2 Å². The fraction of sp³-hybridized carbons (Fsp3) is 0.308. The highest BCUT2D eigenvalue weighted by molar-refractivity contribution is 6.35. The molecule has 3 nitrogen and oxygen atoms in total. The minimum Gasteiger partial charge on any atom is -0.338 e. The number of urea groups is 1. The molecule has 0 aliphatic carbocycles. The van der Waals surface area contributed by atoms with Gasteiger partial charge in [-0.1, -0.05) is 23.2 Å². The third-order valence-corrected chi connectivity index (χ3v) is 2.77. The van der Waals surface area contributed by atoms with Gasteiger partial charge in [0, 0.05) is 18.0 Å². The molecule has 0 spiro atoms. The van der Waals surface area contributed by atoms with Gasteiger partial charge in [-0.25, -0.2) is 4.79 Å². The number of halogens is 2. The lowest BCUT2D eigenvalue weighted by Crippen LogP contribution is -2.29. The summed E-state index contributed by atoms with van der Waals surface area (Å²) in [7, 11) is 0. The van der Waals surface area contributed by atoms with E-state index < -0.39 is 0 Å². The van der Waals surface area contributed by atoms with Gasteiger partial charge in [0.1, 0.15) is 0 Å². The minimum atomic E-state index is -0.306. The molecule has 2 N–H and O–H groups in total. The predicted molar refractivity (Wildman–Crippen MR) is 76.2 cm³/mol. The lowest BCUT2D eigenvalue weighted by atomic mass is 10.2. The summed E-state index contributed by atoms with van der Waals surface area (Å²) in [6.07, 6.45) is 7.60. The SMILES string of the molecule is C#CCCCCNC(=O)Nc1cc(Cl)ccc1Cl. The van der Waals surface area contributed by atoms with Gasteiger partial charge in [-0.15, -0.1) is 12.3 Å². The van der Waals surface area contributed by atoms with Crippen LogP contribution in [0, 0.1) is 12.3 Å². The summed E-state index contributed by atoms with van der Waals surface area (Å²) in [6.45, 7) is 0.575. The lowest BCUT2D eigenvalue weighted by molar-refractivity contribution is 0.252. The van der Waals surface area contributed by atoms with Crippen LogP contribution in [0.15, 0.2) is 18.2 Å². The Labute approximate surface area is 117 Å². The first-order chi connectivity index (χ1) is 8.63. The van der Waals surface area contributed by atoms with Crippen molar-refractivity contribution in [1.82, 2.24) is 5.32 Å². The van der Waals surface area contributed by atoms with Gasteiger partial charge in [-0.05, 0) is 31.0 Å². The van der Waals surface area contributed by atoms with Crippen LogP contribution in [0.3, 0.4) is 0 Å². The molecular weight excluding hydrogens is 271 g/mol. The topological polar surface area (TPSA) is 41.1 Å². The van der Waals surface area contributed by atoms with E-state index in [1.807, 2.05) is 0 Å². The van der Waals surface area contributed by atoms with Crippen molar-refractivity contribution in [2.24, 2.45) is 0 Å². The number of amides is 2. The zero-order chi connectivity index (χ0) is 13.4. The summed E-state index contributed by atoms with van der Waals surface area (Å²) in [5.41, 5.74) is 0.491. The number of carbonyl (C=O) groups is 1. The van der Waals surface area contributed by atoms with Gasteiger partial charge in [0.15, 0.2) is 0 Å². The summed E-state index contributed by atoms with van der Waals surface area (Å²) >= 11 is 11.7. The summed E-state index contributed by atoms with van der Waals surface area (Å²) in [5, 5.41) is 6.32. The van der Waals surface area contributed by atoms with Crippen LogP contribution in [-0.2, 0) is 0 Å². The first-order valence-electron chi connectivity index (χ1n) is 5.57. The fourth-order valence-electron chi connectivity index (χ4n) is 1.31. The molecule has 96 valence electrons. The highest BCUT2D eigenvalue weighted by Gasteiger charge is 2.05. The number of nitrogens with one attached hydrogen (secondary N) is 2. The van der Waals surface area contributed by atoms with Gasteiger partial charge in [0.05, 0.1) is 10.7 Å². The molecule has 0 radical (unpaired) electrons. The second-order valence-electron chi connectivity index (χ2n) is 3.67. The highest BCUT2D eigenvalue weighted by atomic mass is 35.5. The Kier molecular flexibility index (Phi) is 6.42. The molecule has 18 heavy (non-hydrogen) atoms. The minimum absolute atomic E-state index is 0.306. The standard InChI is InChI=1S/C13H14Cl2N2O/c1-2-3-4-5-8-16-13(18)17-12-9-10(14)6-7-11(12)15/h1,6-7,9H,3-5,8H2,(H2,16,17,18). The van der Waals surface area contributed by atoms with Crippen LogP contribution >= 0.6 is 23.2 Å². The van der Waals surface area contributed by atoms with Crippen molar-refractivity contribution < 1.29 is 4.79 Å². The second-order valence-corrected chi connectivity index (χ2v) is 4.51. The summed E-state index contributed by atoms with van der Waals surface area (Å²) < 4.78 is 0. The van der Waals surface area contributed by atoms with Gasteiger partial charge in [0.25, 0.3) is 0 Å². The lowest BCUT2D eigenvalue weighted by Gasteiger charge is -2.09. The third kappa shape index (κ3) is 5.31. The molecule has 0 bridgehead atoms. The number of benzene rings is 1. The van der Waals surface area contributed by atoms with Crippen LogP contribution in [0.5, 0.6) is 0 Å². The Balaban J connectivity index is 2.36. The molecule has 0 fully saturated rings.